The fourth-order valence-electron chi connectivity index (χ4n) is 3.73. The average molecular weight is 309 g/mol. The number of rotatable bonds is 4. The fourth-order valence-corrected chi connectivity index (χ4v) is 3.89. The van der Waals surface area contributed by atoms with E-state index < -0.39 is 0 Å². The molecule has 3 nitrogen and oxygen atoms in total. The molecule has 0 radical (unpaired) electrons. The lowest BCUT2D eigenvalue weighted by Crippen LogP contribution is -2.27. The Labute approximate surface area is 132 Å². The molecule has 3 atom stereocenters. The van der Waals surface area contributed by atoms with Crippen LogP contribution in [0.25, 0.3) is 0 Å². The smallest absolute Gasteiger partial charge is 0.0588 e. The highest BCUT2D eigenvalue weighted by atomic mass is 35.5. The van der Waals surface area contributed by atoms with E-state index in [1.54, 1.807) is 0 Å². The van der Waals surface area contributed by atoms with Gasteiger partial charge >= 0.3 is 0 Å². The lowest BCUT2D eigenvalue weighted by Gasteiger charge is -2.24. The molecule has 1 aliphatic heterocycles. The van der Waals surface area contributed by atoms with Crippen molar-refractivity contribution in [3.63, 3.8) is 0 Å². The minimum atomic E-state index is -0.114. The number of fused-ring (bicyclic) bond motifs is 1. The van der Waals surface area contributed by atoms with Crippen LogP contribution in [-0.2, 0) is 6.54 Å². The first-order valence-corrected chi connectivity index (χ1v) is 8.37. The van der Waals surface area contributed by atoms with Crippen LogP contribution >= 0.6 is 11.6 Å². The SMILES string of the molecule is CC(C)NCc1ccc(Cl)cc1N1CC2CCC(O)C2C1. The Morgan fingerprint density at radius 2 is 2.14 bits per heavy atom. The number of hydrogen-bond donors (Lipinski definition) is 2. The van der Waals surface area contributed by atoms with Crippen molar-refractivity contribution in [1.29, 1.82) is 0 Å². The van der Waals surface area contributed by atoms with E-state index in [4.69, 9.17) is 11.6 Å². The van der Waals surface area contributed by atoms with Crippen molar-refractivity contribution < 1.29 is 5.11 Å². The number of nitrogens with zero attached hydrogens (tertiary/aromatic N) is 1. The summed E-state index contributed by atoms with van der Waals surface area (Å²) in [5, 5.41) is 14.4. The number of aliphatic hydroxyl groups excluding tert-OH is 1. The van der Waals surface area contributed by atoms with E-state index in [2.05, 4.69) is 36.2 Å². The molecule has 0 aromatic heterocycles. The maximum absolute atomic E-state index is 10.1. The van der Waals surface area contributed by atoms with E-state index >= 15 is 0 Å². The van der Waals surface area contributed by atoms with Crippen LogP contribution in [0.1, 0.15) is 32.3 Å². The molecule has 1 heterocycles. The predicted molar refractivity (Wildman–Crippen MR) is 87.9 cm³/mol. The Hall–Kier alpha value is -0.770. The molecule has 1 aromatic rings. The standard InChI is InChI=1S/C17H25ClN2O/c1-11(2)19-8-12-3-5-14(18)7-16(12)20-9-13-4-6-17(21)15(13)10-20/h3,5,7,11,13,15,17,19,21H,4,6,8-10H2,1-2H3. The molecule has 2 N–H and O–H groups in total. The molecular formula is C17H25ClN2O. The zero-order valence-electron chi connectivity index (χ0n) is 12.8. The van der Waals surface area contributed by atoms with Gasteiger partial charge in [-0.15, -0.1) is 0 Å². The summed E-state index contributed by atoms with van der Waals surface area (Å²) >= 11 is 6.21. The van der Waals surface area contributed by atoms with Gasteiger partial charge in [-0.25, -0.2) is 0 Å². The molecule has 2 aliphatic rings. The molecule has 1 aromatic carbocycles. The van der Waals surface area contributed by atoms with Gasteiger partial charge in [-0.1, -0.05) is 31.5 Å². The molecule has 1 aliphatic carbocycles. The van der Waals surface area contributed by atoms with Gasteiger partial charge in [0.1, 0.15) is 0 Å². The molecule has 4 heteroatoms. The molecule has 21 heavy (non-hydrogen) atoms. The summed E-state index contributed by atoms with van der Waals surface area (Å²) in [5.41, 5.74) is 2.53. The average Bonchev–Trinajstić information content (AvgIpc) is 3.00. The van der Waals surface area contributed by atoms with Gasteiger partial charge in [-0.3, -0.25) is 0 Å². The second kappa shape index (κ2) is 6.15. The van der Waals surface area contributed by atoms with Crippen molar-refractivity contribution in [2.45, 2.75) is 45.4 Å². The zero-order valence-corrected chi connectivity index (χ0v) is 13.6. The third-order valence-electron chi connectivity index (χ3n) is 4.91. The zero-order chi connectivity index (χ0) is 15.0. The van der Waals surface area contributed by atoms with Gasteiger partial charge in [0.15, 0.2) is 0 Å². The number of aliphatic hydroxyl groups is 1. The minimum Gasteiger partial charge on any atom is -0.393 e. The van der Waals surface area contributed by atoms with Crippen LogP contribution in [0.15, 0.2) is 18.2 Å². The second-order valence-corrected chi connectivity index (χ2v) is 7.22. The van der Waals surface area contributed by atoms with Crippen LogP contribution in [0.2, 0.25) is 5.02 Å². The first kappa shape index (κ1) is 15.1. The third kappa shape index (κ3) is 3.20. The third-order valence-corrected chi connectivity index (χ3v) is 5.14. The van der Waals surface area contributed by atoms with Gasteiger partial charge in [-0.2, -0.15) is 0 Å². The van der Waals surface area contributed by atoms with Crippen LogP contribution in [0.4, 0.5) is 5.69 Å². The Kier molecular flexibility index (Phi) is 4.43. The quantitative estimate of drug-likeness (QED) is 0.897. The number of benzene rings is 1. The van der Waals surface area contributed by atoms with E-state index in [9.17, 15) is 5.11 Å². The van der Waals surface area contributed by atoms with E-state index in [1.807, 2.05) is 6.07 Å². The topological polar surface area (TPSA) is 35.5 Å². The van der Waals surface area contributed by atoms with Gasteiger partial charge in [0.05, 0.1) is 6.10 Å². The van der Waals surface area contributed by atoms with Gasteiger partial charge in [0.25, 0.3) is 0 Å². The van der Waals surface area contributed by atoms with Crippen molar-refractivity contribution in [3.8, 4) is 0 Å². The molecular weight excluding hydrogens is 284 g/mol. The highest BCUT2D eigenvalue weighted by molar-refractivity contribution is 6.30. The first-order chi connectivity index (χ1) is 10.0. The molecule has 116 valence electrons. The Balaban J connectivity index is 1.79. The highest BCUT2D eigenvalue weighted by Crippen LogP contribution is 2.41. The Bertz CT molecular complexity index is 506. The summed E-state index contributed by atoms with van der Waals surface area (Å²) in [4.78, 5) is 2.42. The lowest BCUT2D eigenvalue weighted by molar-refractivity contribution is 0.133. The maximum Gasteiger partial charge on any atom is 0.0588 e. The molecule has 1 saturated heterocycles. The van der Waals surface area contributed by atoms with Crippen LogP contribution in [0.3, 0.4) is 0 Å². The molecule has 0 bridgehead atoms. The summed E-state index contributed by atoms with van der Waals surface area (Å²) in [6.07, 6.45) is 2.01. The van der Waals surface area contributed by atoms with Gasteiger partial charge in [-0.05, 0) is 36.5 Å². The van der Waals surface area contributed by atoms with Crippen molar-refractivity contribution >= 4 is 17.3 Å². The van der Waals surface area contributed by atoms with E-state index in [0.717, 1.165) is 37.5 Å². The number of hydrogen-bond acceptors (Lipinski definition) is 3. The van der Waals surface area contributed by atoms with E-state index in [1.165, 1.54) is 11.3 Å². The normalized spacial score (nSPS) is 28.4. The largest absolute Gasteiger partial charge is 0.393 e. The summed E-state index contributed by atoms with van der Waals surface area (Å²) in [5.74, 6) is 1.08. The number of nitrogens with one attached hydrogen (secondary N) is 1. The van der Waals surface area contributed by atoms with Crippen LogP contribution in [-0.4, -0.2) is 30.3 Å². The lowest BCUT2D eigenvalue weighted by atomic mass is 10.00. The second-order valence-electron chi connectivity index (χ2n) is 6.78. The molecule has 1 saturated carbocycles. The monoisotopic (exact) mass is 308 g/mol. The van der Waals surface area contributed by atoms with Gasteiger partial charge < -0.3 is 15.3 Å². The van der Waals surface area contributed by atoms with Crippen LogP contribution in [0.5, 0.6) is 0 Å². The predicted octanol–water partition coefficient (Wildman–Crippen LogP) is 3.05. The fraction of sp³-hybridized carbons (Fsp3) is 0.647. The molecule has 2 fully saturated rings. The van der Waals surface area contributed by atoms with Gasteiger partial charge in [0.2, 0.25) is 0 Å². The van der Waals surface area contributed by atoms with E-state index in [0.29, 0.717) is 17.9 Å². The van der Waals surface area contributed by atoms with Crippen molar-refractivity contribution in [2.24, 2.45) is 11.8 Å². The summed E-state index contributed by atoms with van der Waals surface area (Å²) in [6, 6.07) is 6.63. The maximum atomic E-state index is 10.1. The number of halogens is 1. The molecule has 3 rings (SSSR count). The Morgan fingerprint density at radius 1 is 1.33 bits per heavy atom. The molecule has 0 amide bonds. The minimum absolute atomic E-state index is 0.114. The summed E-state index contributed by atoms with van der Waals surface area (Å²) in [6.45, 7) is 7.19. The van der Waals surface area contributed by atoms with Gasteiger partial charge in [0, 0.05) is 42.3 Å². The molecule has 0 spiro atoms. The molecule has 3 unspecified atom stereocenters. The van der Waals surface area contributed by atoms with Crippen LogP contribution < -0.4 is 10.2 Å². The van der Waals surface area contributed by atoms with Crippen molar-refractivity contribution in [2.75, 3.05) is 18.0 Å². The van der Waals surface area contributed by atoms with Crippen LogP contribution in [0, 0.1) is 11.8 Å². The summed E-state index contributed by atoms with van der Waals surface area (Å²) in [7, 11) is 0. The summed E-state index contributed by atoms with van der Waals surface area (Å²) < 4.78 is 0. The van der Waals surface area contributed by atoms with E-state index in [-0.39, 0.29) is 6.10 Å². The highest BCUT2D eigenvalue weighted by Gasteiger charge is 2.42. The Morgan fingerprint density at radius 3 is 2.86 bits per heavy atom. The number of anilines is 1. The van der Waals surface area contributed by atoms with Crippen molar-refractivity contribution in [3.05, 3.63) is 28.8 Å². The first-order valence-electron chi connectivity index (χ1n) is 7.99. The van der Waals surface area contributed by atoms with Crippen molar-refractivity contribution in [1.82, 2.24) is 5.32 Å².